The summed E-state index contributed by atoms with van der Waals surface area (Å²) in [6.45, 7) is 0.346. The van der Waals surface area contributed by atoms with E-state index in [4.69, 9.17) is 0 Å². The molecule has 0 atom stereocenters. The monoisotopic (exact) mass is 391 g/mol. The van der Waals surface area contributed by atoms with Gasteiger partial charge in [0.05, 0.1) is 20.7 Å². The molecule has 1 heterocycles. The van der Waals surface area contributed by atoms with Crippen LogP contribution in [0.25, 0.3) is 10.2 Å². The zero-order valence-corrected chi connectivity index (χ0v) is 15.1. The van der Waals surface area contributed by atoms with Crippen molar-refractivity contribution >= 4 is 44.9 Å². The Bertz CT molecular complexity index is 928. The number of hydrogen-bond donors (Lipinski definition) is 1. The minimum absolute atomic E-state index is 0.317. The van der Waals surface area contributed by atoms with Crippen LogP contribution in [0.4, 0.5) is 10.1 Å². The molecule has 3 aromatic rings. The number of rotatable bonds is 7. The zero-order valence-electron chi connectivity index (χ0n) is 13.5. The largest absolute Gasteiger partial charge is 0.352 e. The number of thioether (sulfide) groups is 1. The topological polar surface area (TPSA) is 85.1 Å². The lowest BCUT2D eigenvalue weighted by atomic mass is 10.1. The molecule has 0 saturated carbocycles. The molecule has 0 spiro atoms. The van der Waals surface area contributed by atoms with Gasteiger partial charge in [-0.2, -0.15) is 0 Å². The first kappa shape index (κ1) is 18.3. The molecule has 1 aromatic heterocycles. The first-order valence-corrected chi connectivity index (χ1v) is 9.55. The first-order valence-electron chi connectivity index (χ1n) is 7.75. The number of aromatic nitrogens is 1. The molecule has 0 aliphatic heterocycles. The van der Waals surface area contributed by atoms with Gasteiger partial charge in [0.1, 0.15) is 5.82 Å². The van der Waals surface area contributed by atoms with Crippen LogP contribution in [0.5, 0.6) is 0 Å². The third-order valence-corrected chi connectivity index (χ3v) is 5.78. The van der Waals surface area contributed by atoms with Crippen molar-refractivity contribution in [1.82, 2.24) is 10.3 Å². The molecule has 26 heavy (non-hydrogen) atoms. The van der Waals surface area contributed by atoms with Crippen molar-refractivity contribution in [2.75, 3.05) is 12.3 Å². The number of fused-ring (bicyclic) bond motifs is 1. The minimum atomic E-state index is -0.781. The van der Waals surface area contributed by atoms with Crippen LogP contribution in [0.1, 0.15) is 16.8 Å². The second-order valence-corrected chi connectivity index (χ2v) is 7.70. The van der Waals surface area contributed by atoms with Crippen molar-refractivity contribution in [2.45, 2.75) is 10.8 Å². The molecule has 0 aliphatic carbocycles. The van der Waals surface area contributed by atoms with E-state index in [0.29, 0.717) is 13.0 Å². The molecule has 0 bridgehead atoms. The van der Waals surface area contributed by atoms with E-state index >= 15 is 0 Å². The number of nitro groups is 1. The van der Waals surface area contributed by atoms with E-state index in [0.717, 1.165) is 38.5 Å². The Hall–Kier alpha value is -2.52. The number of para-hydroxylation sites is 1. The van der Waals surface area contributed by atoms with Crippen molar-refractivity contribution < 1.29 is 14.1 Å². The number of nitro benzene ring substituents is 1. The summed E-state index contributed by atoms with van der Waals surface area (Å²) >= 11 is 3.21. The molecule has 0 unspecified atom stereocenters. The lowest BCUT2D eigenvalue weighted by Gasteiger charge is -2.05. The summed E-state index contributed by atoms with van der Waals surface area (Å²) < 4.78 is 15.8. The van der Waals surface area contributed by atoms with Gasteiger partial charge in [-0.3, -0.25) is 14.9 Å². The van der Waals surface area contributed by atoms with Crippen LogP contribution in [0.15, 0.2) is 46.8 Å². The van der Waals surface area contributed by atoms with Gasteiger partial charge in [0.25, 0.3) is 11.6 Å². The van der Waals surface area contributed by atoms with Gasteiger partial charge in [-0.1, -0.05) is 23.9 Å². The smallest absolute Gasteiger partial charge is 0.270 e. The van der Waals surface area contributed by atoms with Crippen molar-refractivity contribution in [2.24, 2.45) is 0 Å². The molecule has 2 aromatic carbocycles. The molecule has 3 rings (SSSR count). The number of nitrogens with one attached hydrogen (secondary N) is 1. The van der Waals surface area contributed by atoms with Crippen LogP contribution in [0, 0.1) is 15.9 Å². The lowest BCUT2D eigenvalue weighted by molar-refractivity contribution is -0.384. The first-order chi connectivity index (χ1) is 12.5. The van der Waals surface area contributed by atoms with E-state index in [9.17, 15) is 19.3 Å². The average molecular weight is 391 g/mol. The molecule has 0 fully saturated rings. The fraction of sp³-hybridized carbons (Fsp3) is 0.176. The summed E-state index contributed by atoms with van der Waals surface area (Å²) in [5, 5.41) is 13.3. The third-order valence-electron chi connectivity index (χ3n) is 3.51. The summed E-state index contributed by atoms with van der Waals surface area (Å²) in [5.41, 5.74) is 0.329. The van der Waals surface area contributed by atoms with Gasteiger partial charge < -0.3 is 5.32 Å². The van der Waals surface area contributed by atoms with Gasteiger partial charge in [0, 0.05) is 24.4 Å². The Kier molecular flexibility index (Phi) is 5.79. The molecule has 1 amide bonds. The van der Waals surface area contributed by atoms with Crippen LogP contribution >= 0.6 is 23.1 Å². The maximum atomic E-state index is 13.7. The Labute approximate surface area is 156 Å². The highest BCUT2D eigenvalue weighted by Gasteiger charge is 2.16. The van der Waals surface area contributed by atoms with E-state index in [1.54, 1.807) is 23.1 Å². The van der Waals surface area contributed by atoms with E-state index in [2.05, 4.69) is 10.3 Å². The predicted octanol–water partition coefficient (Wildman–Crippen LogP) is 4.26. The highest BCUT2D eigenvalue weighted by Crippen LogP contribution is 2.29. The molecular weight excluding hydrogens is 377 g/mol. The number of hydrogen-bond acceptors (Lipinski definition) is 6. The van der Waals surface area contributed by atoms with Gasteiger partial charge in [-0.25, -0.2) is 9.37 Å². The quantitative estimate of drug-likeness (QED) is 0.282. The van der Waals surface area contributed by atoms with Crippen LogP contribution in [0.2, 0.25) is 0 Å². The minimum Gasteiger partial charge on any atom is -0.352 e. The van der Waals surface area contributed by atoms with E-state index in [-0.39, 0.29) is 11.3 Å². The molecule has 0 aliphatic rings. The predicted molar refractivity (Wildman–Crippen MR) is 100 cm³/mol. The third kappa shape index (κ3) is 4.36. The maximum absolute atomic E-state index is 13.7. The van der Waals surface area contributed by atoms with Gasteiger partial charge in [-0.15, -0.1) is 11.3 Å². The highest BCUT2D eigenvalue weighted by atomic mass is 32.2. The molecule has 0 radical (unpaired) electrons. The lowest BCUT2D eigenvalue weighted by Crippen LogP contribution is -2.25. The fourth-order valence-corrected chi connectivity index (χ4v) is 4.32. The van der Waals surface area contributed by atoms with E-state index in [1.165, 1.54) is 0 Å². The number of amides is 1. The van der Waals surface area contributed by atoms with Gasteiger partial charge in [0.2, 0.25) is 0 Å². The van der Waals surface area contributed by atoms with E-state index in [1.807, 2.05) is 24.3 Å². The number of carbonyl (C=O) groups is 1. The van der Waals surface area contributed by atoms with Crippen molar-refractivity contribution in [3.05, 3.63) is 64.0 Å². The van der Waals surface area contributed by atoms with Crippen LogP contribution in [-0.2, 0) is 0 Å². The summed E-state index contributed by atoms with van der Waals surface area (Å²) in [4.78, 5) is 26.6. The van der Waals surface area contributed by atoms with Crippen molar-refractivity contribution in [1.29, 1.82) is 0 Å². The van der Waals surface area contributed by atoms with Crippen LogP contribution < -0.4 is 5.32 Å². The Morgan fingerprint density at radius 3 is 2.88 bits per heavy atom. The normalized spacial score (nSPS) is 10.8. The summed E-state index contributed by atoms with van der Waals surface area (Å²) in [7, 11) is 0. The summed E-state index contributed by atoms with van der Waals surface area (Å²) in [6.07, 6.45) is 0.670. The van der Waals surface area contributed by atoms with Gasteiger partial charge in [-0.05, 0) is 24.6 Å². The standard InChI is InChI=1S/C17H14FN3O3S2/c18-13-7-6-11(21(23)24)10-12(13)16(22)19-8-3-9-25-17-20-14-4-1-2-5-15(14)26-17/h1-2,4-7,10H,3,8-9H2,(H,19,22). The van der Waals surface area contributed by atoms with Crippen LogP contribution in [-0.4, -0.2) is 28.1 Å². The molecule has 0 saturated heterocycles. The molecule has 134 valence electrons. The van der Waals surface area contributed by atoms with Crippen molar-refractivity contribution in [3.63, 3.8) is 0 Å². The second kappa shape index (κ2) is 8.24. The zero-order chi connectivity index (χ0) is 18.5. The number of nitrogens with zero attached hydrogens (tertiary/aromatic N) is 2. The Morgan fingerprint density at radius 2 is 2.12 bits per heavy atom. The van der Waals surface area contributed by atoms with Crippen LogP contribution in [0.3, 0.4) is 0 Å². The van der Waals surface area contributed by atoms with Gasteiger partial charge >= 0.3 is 0 Å². The SMILES string of the molecule is O=C(NCCCSc1nc2ccccc2s1)c1cc([N+](=O)[O-])ccc1F. The average Bonchev–Trinajstić information content (AvgIpc) is 3.04. The molecule has 6 nitrogen and oxygen atoms in total. The number of benzene rings is 2. The number of halogens is 1. The fourth-order valence-electron chi connectivity index (χ4n) is 2.24. The molecule has 9 heteroatoms. The maximum Gasteiger partial charge on any atom is 0.270 e. The highest BCUT2D eigenvalue weighted by molar-refractivity contribution is 8.01. The van der Waals surface area contributed by atoms with E-state index < -0.39 is 16.6 Å². The van der Waals surface area contributed by atoms with Gasteiger partial charge in [0.15, 0.2) is 4.34 Å². The Morgan fingerprint density at radius 1 is 1.31 bits per heavy atom. The number of carbonyl (C=O) groups excluding carboxylic acids is 1. The summed E-state index contributed by atoms with van der Waals surface area (Å²) in [5.74, 6) is -0.689. The molecular formula is C17H14FN3O3S2. The summed E-state index contributed by atoms with van der Waals surface area (Å²) in [6, 6.07) is 10.8. The number of thiazole rings is 1. The molecule has 1 N–H and O–H groups in total. The van der Waals surface area contributed by atoms with Crippen molar-refractivity contribution in [3.8, 4) is 0 Å². The Balaban J connectivity index is 1.48. The second-order valence-electron chi connectivity index (χ2n) is 5.33. The number of non-ortho nitro benzene ring substituents is 1.